The fourth-order valence-electron chi connectivity index (χ4n) is 5.80. The molecule has 2 aliphatic heterocycles. The van der Waals surface area contributed by atoms with Crippen molar-refractivity contribution < 1.29 is 51.4 Å². The molecule has 0 saturated carbocycles. The number of amides is 1. The Bertz CT molecular complexity index is 1630. The highest BCUT2D eigenvalue weighted by atomic mass is 32.2. The summed E-state index contributed by atoms with van der Waals surface area (Å²) in [6.07, 6.45) is -2.15. The van der Waals surface area contributed by atoms with Gasteiger partial charge in [0.05, 0.1) is 36.2 Å². The quantitative estimate of drug-likeness (QED) is 0.147. The number of nitrogens with one attached hydrogen (secondary N) is 1. The first-order valence-corrected chi connectivity index (χ1v) is 21.8. The molecule has 14 nitrogen and oxygen atoms in total. The highest BCUT2D eigenvalue weighted by Gasteiger charge is 2.44. The zero-order valence-electron chi connectivity index (χ0n) is 30.8. The van der Waals surface area contributed by atoms with Crippen molar-refractivity contribution in [3.05, 3.63) is 59.7 Å². The molecule has 2 fully saturated rings. The number of hydrogen-bond acceptors (Lipinski definition) is 12. The van der Waals surface area contributed by atoms with E-state index in [2.05, 4.69) is 5.32 Å². The predicted molar refractivity (Wildman–Crippen MR) is 195 cm³/mol. The van der Waals surface area contributed by atoms with Crippen LogP contribution in [-0.2, 0) is 51.4 Å². The molecule has 1 amide bonds. The summed E-state index contributed by atoms with van der Waals surface area (Å²) in [6, 6.07) is 11.2. The third-order valence-corrected chi connectivity index (χ3v) is 11.4. The van der Waals surface area contributed by atoms with E-state index in [9.17, 15) is 27.7 Å². The van der Waals surface area contributed by atoms with Crippen LogP contribution in [0.25, 0.3) is 0 Å². The first-order chi connectivity index (χ1) is 24.4. The molecule has 0 spiro atoms. The van der Waals surface area contributed by atoms with Crippen LogP contribution in [0, 0.1) is 17.8 Å². The number of nitrogens with two attached hydrogens (primary N) is 1. The van der Waals surface area contributed by atoms with Crippen molar-refractivity contribution in [1.29, 1.82) is 0 Å². The van der Waals surface area contributed by atoms with Gasteiger partial charge in [0.1, 0.15) is 38.0 Å². The van der Waals surface area contributed by atoms with E-state index in [-0.39, 0.29) is 61.7 Å². The first-order valence-electron chi connectivity index (χ1n) is 17.6. The molecule has 16 heteroatoms. The fraction of sp³-hybridized carbons (Fsp3) is 0.611. The van der Waals surface area contributed by atoms with Gasteiger partial charge in [-0.1, -0.05) is 52.0 Å². The minimum Gasteiger partial charge on any atom is -0.486 e. The number of sulfonamides is 1. The standard InChI is InChI=1S/C36H54N3O11PS/c1-23(2)18-39(52(44,45)28-13-9-26(10-14-28)20-47-34(41)33(37)24(3)4)19-31(40)30(17-25-7-11-27(12-8-25)49-22-51(5,6)43)38-36(42)50-32-21-48-35-29(32)15-16-46-35/h7-14,23-24,29-33,35,40H,15-22,37H2,1-6H3,(H,38,42)/t29-,30-,31+,32-,33+,35+/m0/s1. The Morgan fingerprint density at radius 1 is 1.02 bits per heavy atom. The Morgan fingerprint density at radius 2 is 1.67 bits per heavy atom. The molecule has 2 aliphatic rings. The van der Waals surface area contributed by atoms with Gasteiger partial charge in [-0.15, -0.1) is 0 Å². The van der Waals surface area contributed by atoms with E-state index in [0.717, 1.165) is 5.56 Å². The van der Waals surface area contributed by atoms with Gasteiger partial charge in [-0.2, -0.15) is 4.31 Å². The molecule has 2 saturated heterocycles. The maximum atomic E-state index is 14.0. The Kier molecular flexibility index (Phi) is 14.7. The third kappa shape index (κ3) is 12.0. The Morgan fingerprint density at radius 3 is 2.29 bits per heavy atom. The number of aliphatic hydroxyl groups is 1. The fourth-order valence-corrected chi connectivity index (χ4v) is 7.88. The molecule has 0 aliphatic carbocycles. The first kappa shape index (κ1) is 41.7. The van der Waals surface area contributed by atoms with Crippen molar-refractivity contribution in [2.24, 2.45) is 23.5 Å². The van der Waals surface area contributed by atoms with Crippen LogP contribution in [0.4, 0.5) is 4.79 Å². The van der Waals surface area contributed by atoms with Gasteiger partial charge in [0, 0.05) is 13.1 Å². The van der Waals surface area contributed by atoms with Gasteiger partial charge in [0.15, 0.2) is 6.29 Å². The van der Waals surface area contributed by atoms with Crippen molar-refractivity contribution in [1.82, 2.24) is 9.62 Å². The number of nitrogens with zero attached hydrogens (tertiary/aromatic N) is 1. The maximum absolute atomic E-state index is 14.0. The van der Waals surface area contributed by atoms with E-state index in [1.54, 1.807) is 49.7 Å². The molecule has 2 aromatic rings. The predicted octanol–water partition coefficient (Wildman–Crippen LogP) is 3.78. The largest absolute Gasteiger partial charge is 0.486 e. The second kappa shape index (κ2) is 18.3. The Balaban J connectivity index is 1.50. The normalized spacial score (nSPS) is 20.8. The number of carbonyl (C=O) groups is 2. The second-order valence-corrected chi connectivity index (χ2v) is 20.1. The van der Waals surface area contributed by atoms with Gasteiger partial charge in [-0.3, -0.25) is 4.79 Å². The van der Waals surface area contributed by atoms with Crippen LogP contribution in [0.5, 0.6) is 5.75 Å². The number of fused-ring (bicyclic) bond motifs is 1. The average Bonchev–Trinajstić information content (AvgIpc) is 3.70. The highest BCUT2D eigenvalue weighted by Crippen LogP contribution is 2.36. The van der Waals surface area contributed by atoms with Gasteiger partial charge in [-0.05, 0) is 73.4 Å². The molecule has 2 aromatic carbocycles. The molecule has 52 heavy (non-hydrogen) atoms. The lowest BCUT2D eigenvalue weighted by Gasteiger charge is -2.31. The number of aliphatic hydroxyl groups excluding tert-OH is 1. The molecule has 0 bridgehead atoms. The van der Waals surface area contributed by atoms with E-state index in [4.69, 9.17) is 29.4 Å². The molecule has 0 aromatic heterocycles. The van der Waals surface area contributed by atoms with Gasteiger partial charge in [0.2, 0.25) is 10.0 Å². The van der Waals surface area contributed by atoms with Crippen LogP contribution < -0.4 is 15.8 Å². The number of carbonyl (C=O) groups excluding carboxylic acids is 2. The lowest BCUT2D eigenvalue weighted by atomic mass is 10.0. The molecular formula is C36H54N3O11PS. The average molecular weight is 768 g/mol. The summed E-state index contributed by atoms with van der Waals surface area (Å²) in [5.74, 6) is -0.308. The van der Waals surface area contributed by atoms with Crippen LogP contribution in [0.2, 0.25) is 0 Å². The van der Waals surface area contributed by atoms with Crippen molar-refractivity contribution in [2.45, 2.75) is 82.6 Å². The summed E-state index contributed by atoms with van der Waals surface area (Å²) in [6.45, 7) is 11.0. The van der Waals surface area contributed by atoms with Crippen LogP contribution in [0.3, 0.4) is 0 Å². The minimum atomic E-state index is -4.12. The van der Waals surface area contributed by atoms with Crippen molar-refractivity contribution in [2.75, 3.05) is 46.0 Å². The zero-order chi connectivity index (χ0) is 38.2. The monoisotopic (exact) mass is 767 g/mol. The van der Waals surface area contributed by atoms with Gasteiger partial charge in [0.25, 0.3) is 0 Å². The van der Waals surface area contributed by atoms with Crippen LogP contribution >= 0.6 is 7.14 Å². The van der Waals surface area contributed by atoms with Crippen LogP contribution in [0.15, 0.2) is 53.4 Å². The summed E-state index contributed by atoms with van der Waals surface area (Å²) in [5.41, 5.74) is 7.17. The topological polar surface area (TPSA) is 193 Å². The smallest absolute Gasteiger partial charge is 0.407 e. The summed E-state index contributed by atoms with van der Waals surface area (Å²) in [4.78, 5) is 25.4. The lowest BCUT2D eigenvalue weighted by molar-refractivity contribution is -0.147. The molecule has 2 heterocycles. The number of hydrogen-bond donors (Lipinski definition) is 3. The molecular weight excluding hydrogens is 713 g/mol. The lowest BCUT2D eigenvalue weighted by Crippen LogP contribution is -2.51. The van der Waals surface area contributed by atoms with Gasteiger partial charge < -0.3 is 44.4 Å². The maximum Gasteiger partial charge on any atom is 0.407 e. The van der Waals surface area contributed by atoms with E-state index in [0.29, 0.717) is 24.3 Å². The Hall–Kier alpha value is -3.04. The summed E-state index contributed by atoms with van der Waals surface area (Å²) >= 11 is 0. The summed E-state index contributed by atoms with van der Waals surface area (Å²) in [5, 5.41) is 14.4. The van der Waals surface area contributed by atoms with Crippen LogP contribution in [-0.4, -0.2) is 106 Å². The minimum absolute atomic E-state index is 0.00732. The van der Waals surface area contributed by atoms with Gasteiger partial charge in [-0.25, -0.2) is 13.2 Å². The SMILES string of the molecule is CC(C)CN(C[C@@H](O)[C@H](Cc1ccc(OCP(C)(C)=O)cc1)NC(=O)O[C@H]1CO[C@H]2OCC[C@H]21)S(=O)(=O)c1ccc(COC(=O)[C@H](N)C(C)C)cc1. The third-order valence-electron chi connectivity index (χ3n) is 8.82. The molecule has 0 radical (unpaired) electrons. The van der Waals surface area contributed by atoms with E-state index in [1.807, 2.05) is 27.7 Å². The van der Waals surface area contributed by atoms with Gasteiger partial charge >= 0.3 is 12.1 Å². The number of esters is 1. The summed E-state index contributed by atoms with van der Waals surface area (Å²) in [7, 11) is -6.52. The second-order valence-electron chi connectivity index (χ2n) is 14.7. The highest BCUT2D eigenvalue weighted by molar-refractivity contribution is 7.89. The van der Waals surface area contributed by atoms with E-state index >= 15 is 0 Å². The number of ether oxygens (including phenoxy) is 5. The van der Waals surface area contributed by atoms with E-state index in [1.165, 1.54) is 16.4 Å². The van der Waals surface area contributed by atoms with Crippen molar-refractivity contribution in [3.63, 3.8) is 0 Å². The number of alkyl carbamates (subject to hydrolysis) is 1. The Labute approximate surface area is 307 Å². The molecule has 290 valence electrons. The van der Waals surface area contributed by atoms with Crippen molar-refractivity contribution in [3.8, 4) is 5.75 Å². The molecule has 0 unspecified atom stereocenters. The van der Waals surface area contributed by atoms with Crippen molar-refractivity contribution >= 4 is 29.2 Å². The molecule has 6 atom stereocenters. The van der Waals surface area contributed by atoms with Crippen LogP contribution in [0.1, 0.15) is 45.2 Å². The molecule has 4 rings (SSSR count). The van der Waals surface area contributed by atoms with E-state index < -0.39 is 59.8 Å². The summed E-state index contributed by atoms with van der Waals surface area (Å²) < 4.78 is 69.1. The molecule has 4 N–H and O–H groups in total. The number of rotatable bonds is 18. The zero-order valence-corrected chi connectivity index (χ0v) is 32.5. The number of benzene rings is 2.